The molecule has 1 saturated carbocycles. The molecular formula is C23H32N2O2S. The van der Waals surface area contributed by atoms with E-state index in [2.05, 4.69) is 43.4 Å². The molecule has 1 heterocycles. The molecule has 0 bridgehead atoms. The van der Waals surface area contributed by atoms with Gasteiger partial charge in [0.2, 0.25) is 5.91 Å². The van der Waals surface area contributed by atoms with Crippen LogP contribution in [-0.4, -0.2) is 40.6 Å². The molecule has 1 aromatic carbocycles. The molecule has 152 valence electrons. The topological polar surface area (TPSA) is 49.4 Å². The standard InChI is InChI=1S/C23H32N2O2S/c1-4-16(3)24-22(26)15-25-19-8-6-7-9-20(19)28-21(23(25)27)14-18-12-10-17(5-2)11-13-18/h10-14,16,19-20H,4-9,15H2,1-3H3,(H,24,26)/b21-14+. The second-order valence-corrected chi connectivity index (χ2v) is 9.20. The molecule has 1 N–H and O–H groups in total. The van der Waals surface area contributed by atoms with Gasteiger partial charge in [0.05, 0.1) is 4.91 Å². The normalized spacial score (nSPS) is 24.8. The average molecular weight is 401 g/mol. The Morgan fingerprint density at radius 1 is 1.25 bits per heavy atom. The third-order valence-corrected chi connectivity index (χ3v) is 7.24. The number of rotatable bonds is 6. The lowest BCUT2D eigenvalue weighted by Crippen LogP contribution is -2.54. The zero-order valence-corrected chi connectivity index (χ0v) is 18.1. The molecule has 5 heteroatoms. The molecule has 1 aliphatic carbocycles. The fourth-order valence-electron chi connectivity index (χ4n) is 3.94. The zero-order valence-electron chi connectivity index (χ0n) is 17.2. The monoisotopic (exact) mass is 400 g/mol. The molecule has 2 fully saturated rings. The summed E-state index contributed by atoms with van der Waals surface area (Å²) in [6.07, 6.45) is 8.34. The minimum Gasteiger partial charge on any atom is -0.352 e. The largest absolute Gasteiger partial charge is 0.352 e. The summed E-state index contributed by atoms with van der Waals surface area (Å²) in [5.74, 6) is -0.0439. The predicted molar refractivity (Wildman–Crippen MR) is 117 cm³/mol. The van der Waals surface area contributed by atoms with Gasteiger partial charge < -0.3 is 10.2 Å². The van der Waals surface area contributed by atoms with Crippen LogP contribution in [-0.2, 0) is 16.0 Å². The molecule has 3 atom stereocenters. The van der Waals surface area contributed by atoms with Gasteiger partial charge in [-0.1, -0.05) is 51.0 Å². The lowest BCUT2D eigenvalue weighted by Gasteiger charge is -2.44. The maximum Gasteiger partial charge on any atom is 0.261 e. The SMILES string of the molecule is CCc1ccc(/C=C2/SC3CCCCC3N(CC(=O)NC(C)CC)C2=O)cc1. The van der Waals surface area contributed by atoms with Gasteiger partial charge in [-0.2, -0.15) is 0 Å². The predicted octanol–water partition coefficient (Wildman–Crippen LogP) is 4.39. The fourth-order valence-corrected chi connectivity index (χ4v) is 5.41. The van der Waals surface area contributed by atoms with E-state index in [1.54, 1.807) is 11.8 Å². The Hall–Kier alpha value is -1.75. The molecule has 2 aliphatic rings. The summed E-state index contributed by atoms with van der Waals surface area (Å²) in [5, 5.41) is 3.40. The molecule has 1 saturated heterocycles. The minimum atomic E-state index is -0.0504. The molecule has 0 radical (unpaired) electrons. The average Bonchev–Trinajstić information content (AvgIpc) is 2.71. The van der Waals surface area contributed by atoms with E-state index in [9.17, 15) is 9.59 Å². The third-order valence-electron chi connectivity index (χ3n) is 5.84. The van der Waals surface area contributed by atoms with Crippen molar-refractivity contribution in [1.82, 2.24) is 10.2 Å². The van der Waals surface area contributed by atoms with Gasteiger partial charge in [-0.3, -0.25) is 9.59 Å². The highest BCUT2D eigenvalue weighted by Crippen LogP contribution is 2.42. The third kappa shape index (κ3) is 4.99. The number of carbonyl (C=O) groups excluding carboxylic acids is 2. The second kappa shape index (κ2) is 9.64. The first kappa shape index (κ1) is 21.0. The quantitative estimate of drug-likeness (QED) is 0.721. The van der Waals surface area contributed by atoms with Crippen LogP contribution in [0.5, 0.6) is 0 Å². The Balaban J connectivity index is 1.81. The van der Waals surface area contributed by atoms with Crippen molar-refractivity contribution >= 4 is 29.7 Å². The van der Waals surface area contributed by atoms with Crippen molar-refractivity contribution in [2.75, 3.05) is 6.54 Å². The maximum atomic E-state index is 13.3. The van der Waals surface area contributed by atoms with Gasteiger partial charge in [-0.25, -0.2) is 0 Å². The molecular weight excluding hydrogens is 368 g/mol. The summed E-state index contributed by atoms with van der Waals surface area (Å²) in [5.41, 5.74) is 2.34. The second-order valence-electron chi connectivity index (χ2n) is 7.92. The number of benzene rings is 1. The molecule has 3 unspecified atom stereocenters. The van der Waals surface area contributed by atoms with Crippen LogP contribution in [0.3, 0.4) is 0 Å². The Morgan fingerprint density at radius 2 is 1.96 bits per heavy atom. The summed E-state index contributed by atoms with van der Waals surface area (Å²) >= 11 is 1.72. The van der Waals surface area contributed by atoms with Gasteiger partial charge >= 0.3 is 0 Å². The lowest BCUT2D eigenvalue weighted by molar-refractivity contribution is -0.135. The number of hydrogen-bond acceptors (Lipinski definition) is 3. The number of hydrogen-bond donors (Lipinski definition) is 1. The highest BCUT2D eigenvalue weighted by Gasteiger charge is 2.41. The van der Waals surface area contributed by atoms with E-state index in [0.717, 1.165) is 42.6 Å². The van der Waals surface area contributed by atoms with E-state index in [1.165, 1.54) is 12.0 Å². The summed E-state index contributed by atoms with van der Waals surface area (Å²) in [4.78, 5) is 28.4. The molecule has 0 aromatic heterocycles. The van der Waals surface area contributed by atoms with Crippen molar-refractivity contribution in [3.8, 4) is 0 Å². The van der Waals surface area contributed by atoms with Crippen molar-refractivity contribution in [1.29, 1.82) is 0 Å². The van der Waals surface area contributed by atoms with Crippen LogP contribution in [0.1, 0.15) is 64.0 Å². The van der Waals surface area contributed by atoms with Gasteiger partial charge in [0.15, 0.2) is 0 Å². The van der Waals surface area contributed by atoms with Crippen LogP contribution < -0.4 is 5.32 Å². The van der Waals surface area contributed by atoms with Gasteiger partial charge in [-0.15, -0.1) is 11.8 Å². The number of thioether (sulfide) groups is 1. The summed E-state index contributed by atoms with van der Waals surface area (Å²) in [6, 6.07) is 8.69. The van der Waals surface area contributed by atoms with E-state index in [4.69, 9.17) is 0 Å². The van der Waals surface area contributed by atoms with Gasteiger partial charge in [-0.05, 0) is 49.8 Å². The van der Waals surface area contributed by atoms with Gasteiger partial charge in [0, 0.05) is 17.3 Å². The number of amides is 2. The van der Waals surface area contributed by atoms with Crippen LogP contribution in [0, 0.1) is 0 Å². The lowest BCUT2D eigenvalue weighted by atomic mass is 9.93. The Labute approximate surface area is 173 Å². The van der Waals surface area contributed by atoms with Gasteiger partial charge in [0.1, 0.15) is 6.54 Å². The number of carbonyl (C=O) groups is 2. The van der Waals surface area contributed by atoms with Crippen molar-refractivity contribution in [3.05, 3.63) is 40.3 Å². The minimum absolute atomic E-state index is 0.00650. The highest BCUT2D eigenvalue weighted by atomic mass is 32.2. The smallest absolute Gasteiger partial charge is 0.261 e. The highest BCUT2D eigenvalue weighted by molar-refractivity contribution is 8.04. The first-order chi connectivity index (χ1) is 13.5. The van der Waals surface area contributed by atoms with E-state index < -0.39 is 0 Å². The number of nitrogens with one attached hydrogen (secondary N) is 1. The van der Waals surface area contributed by atoms with E-state index in [1.807, 2.05) is 17.9 Å². The molecule has 0 spiro atoms. The number of fused-ring (bicyclic) bond motifs is 1. The Morgan fingerprint density at radius 3 is 2.64 bits per heavy atom. The first-order valence-electron chi connectivity index (χ1n) is 10.6. The molecule has 3 rings (SSSR count). The van der Waals surface area contributed by atoms with Crippen LogP contribution in [0.2, 0.25) is 0 Å². The van der Waals surface area contributed by atoms with E-state index in [-0.39, 0.29) is 30.4 Å². The van der Waals surface area contributed by atoms with Gasteiger partial charge in [0.25, 0.3) is 5.91 Å². The maximum absolute atomic E-state index is 13.3. The fraction of sp³-hybridized carbons (Fsp3) is 0.565. The van der Waals surface area contributed by atoms with Crippen molar-refractivity contribution < 1.29 is 9.59 Å². The zero-order chi connectivity index (χ0) is 20.1. The van der Waals surface area contributed by atoms with E-state index in [0.29, 0.717) is 5.25 Å². The number of aryl methyl sites for hydroxylation is 1. The summed E-state index contributed by atoms with van der Waals surface area (Å²) in [6.45, 7) is 6.35. The Kier molecular flexibility index (Phi) is 7.22. The molecule has 2 amide bonds. The number of nitrogens with zero attached hydrogens (tertiary/aromatic N) is 1. The molecule has 28 heavy (non-hydrogen) atoms. The van der Waals surface area contributed by atoms with Crippen LogP contribution >= 0.6 is 11.8 Å². The summed E-state index contributed by atoms with van der Waals surface area (Å²) in [7, 11) is 0. The van der Waals surface area contributed by atoms with E-state index >= 15 is 0 Å². The first-order valence-corrected chi connectivity index (χ1v) is 11.5. The summed E-state index contributed by atoms with van der Waals surface area (Å²) < 4.78 is 0. The van der Waals surface area contributed by atoms with Crippen LogP contribution in [0.15, 0.2) is 29.2 Å². The molecule has 1 aromatic rings. The van der Waals surface area contributed by atoms with Crippen LogP contribution in [0.4, 0.5) is 0 Å². The molecule has 1 aliphatic heterocycles. The molecule has 4 nitrogen and oxygen atoms in total. The van der Waals surface area contributed by atoms with Crippen molar-refractivity contribution in [2.24, 2.45) is 0 Å². The van der Waals surface area contributed by atoms with Crippen molar-refractivity contribution in [3.63, 3.8) is 0 Å². The van der Waals surface area contributed by atoms with Crippen LogP contribution in [0.25, 0.3) is 6.08 Å². The van der Waals surface area contributed by atoms with Crippen molar-refractivity contribution in [2.45, 2.75) is 76.6 Å². The Bertz CT molecular complexity index is 729.